The Balaban J connectivity index is 1.78. The third kappa shape index (κ3) is 4.75. The van der Waals surface area contributed by atoms with Crippen molar-refractivity contribution in [1.82, 2.24) is 10.3 Å². The highest BCUT2D eigenvalue weighted by Gasteiger charge is 2.30. The van der Waals surface area contributed by atoms with Crippen LogP contribution < -0.4 is 10.1 Å². The first-order chi connectivity index (χ1) is 10.4. The topological polar surface area (TPSA) is 51.2 Å². The fourth-order valence-electron chi connectivity index (χ4n) is 2.37. The van der Waals surface area contributed by atoms with E-state index in [9.17, 15) is 4.79 Å². The van der Waals surface area contributed by atoms with Gasteiger partial charge in [0.2, 0.25) is 11.8 Å². The molecule has 22 heavy (non-hydrogen) atoms. The number of hydrogen-bond acceptors (Lipinski definition) is 3. The molecule has 1 aromatic rings. The van der Waals surface area contributed by atoms with E-state index in [0.717, 1.165) is 25.7 Å². The van der Waals surface area contributed by atoms with Crippen LogP contribution in [0.2, 0.25) is 5.02 Å². The van der Waals surface area contributed by atoms with E-state index in [4.69, 9.17) is 27.9 Å². The molecule has 6 heteroatoms. The SMILES string of the molecule is CC(C)(CCl)C(=O)NC1CCC(Oc2ccc(Cl)cn2)CC1. The number of rotatable bonds is 5. The smallest absolute Gasteiger partial charge is 0.227 e. The molecule has 0 unspecified atom stereocenters. The van der Waals surface area contributed by atoms with Crippen molar-refractivity contribution < 1.29 is 9.53 Å². The van der Waals surface area contributed by atoms with Gasteiger partial charge in [-0.3, -0.25) is 4.79 Å². The van der Waals surface area contributed by atoms with E-state index in [1.807, 2.05) is 13.8 Å². The predicted octanol–water partition coefficient (Wildman–Crippen LogP) is 3.81. The summed E-state index contributed by atoms with van der Waals surface area (Å²) in [5.41, 5.74) is -0.526. The minimum Gasteiger partial charge on any atom is -0.474 e. The van der Waals surface area contributed by atoms with Crippen molar-refractivity contribution in [1.29, 1.82) is 0 Å². The van der Waals surface area contributed by atoms with E-state index < -0.39 is 5.41 Å². The number of amides is 1. The molecule has 1 aromatic heterocycles. The van der Waals surface area contributed by atoms with E-state index >= 15 is 0 Å². The van der Waals surface area contributed by atoms with Gasteiger partial charge >= 0.3 is 0 Å². The lowest BCUT2D eigenvalue weighted by atomic mass is 9.90. The number of ether oxygens (including phenoxy) is 1. The van der Waals surface area contributed by atoms with Crippen molar-refractivity contribution in [3.63, 3.8) is 0 Å². The van der Waals surface area contributed by atoms with E-state index in [1.54, 1.807) is 18.3 Å². The molecule has 0 saturated heterocycles. The summed E-state index contributed by atoms with van der Waals surface area (Å²) < 4.78 is 5.85. The number of nitrogens with zero attached hydrogens (tertiary/aromatic N) is 1. The Labute approximate surface area is 141 Å². The molecule has 0 spiro atoms. The van der Waals surface area contributed by atoms with Crippen LogP contribution in [0.4, 0.5) is 0 Å². The number of alkyl halides is 1. The van der Waals surface area contributed by atoms with Crippen LogP contribution in [0.3, 0.4) is 0 Å². The third-order valence-corrected chi connectivity index (χ3v) is 4.84. The monoisotopic (exact) mass is 344 g/mol. The van der Waals surface area contributed by atoms with E-state index in [0.29, 0.717) is 16.8 Å². The van der Waals surface area contributed by atoms with Gasteiger partial charge in [0.1, 0.15) is 6.10 Å². The van der Waals surface area contributed by atoms with Crippen LogP contribution in [0.25, 0.3) is 0 Å². The zero-order valence-corrected chi connectivity index (χ0v) is 14.5. The molecular weight excluding hydrogens is 323 g/mol. The molecule has 122 valence electrons. The number of hydrogen-bond donors (Lipinski definition) is 1. The molecule has 1 aliphatic carbocycles. The number of halogens is 2. The van der Waals surface area contributed by atoms with Gasteiger partial charge in [-0.25, -0.2) is 4.98 Å². The summed E-state index contributed by atoms with van der Waals surface area (Å²) in [4.78, 5) is 16.3. The summed E-state index contributed by atoms with van der Waals surface area (Å²) >= 11 is 11.6. The second-order valence-electron chi connectivity index (χ2n) is 6.40. The minimum atomic E-state index is -0.526. The number of nitrogens with one attached hydrogen (secondary N) is 1. The van der Waals surface area contributed by atoms with Crippen LogP contribution in [-0.4, -0.2) is 28.9 Å². The van der Waals surface area contributed by atoms with Gasteiger partial charge in [-0.05, 0) is 45.6 Å². The first kappa shape index (κ1) is 17.4. The molecule has 0 aromatic carbocycles. The van der Waals surface area contributed by atoms with Crippen molar-refractivity contribution in [2.45, 2.75) is 51.7 Å². The molecule has 1 saturated carbocycles. The fraction of sp³-hybridized carbons (Fsp3) is 0.625. The first-order valence-electron chi connectivity index (χ1n) is 7.56. The standard InChI is InChI=1S/C16H22Cl2N2O2/c1-16(2,10-17)15(21)20-12-4-6-13(7-5-12)22-14-8-3-11(18)9-19-14/h3,8-9,12-13H,4-7,10H2,1-2H3,(H,20,21). The molecular formula is C16H22Cl2N2O2. The summed E-state index contributed by atoms with van der Waals surface area (Å²) in [6, 6.07) is 3.75. The summed E-state index contributed by atoms with van der Waals surface area (Å²) in [7, 11) is 0. The van der Waals surface area contributed by atoms with E-state index in [-0.39, 0.29) is 18.1 Å². The lowest BCUT2D eigenvalue weighted by Crippen LogP contribution is -2.46. The lowest BCUT2D eigenvalue weighted by molar-refractivity contribution is -0.129. The quantitative estimate of drug-likeness (QED) is 0.826. The number of aromatic nitrogens is 1. The maximum absolute atomic E-state index is 12.1. The summed E-state index contributed by atoms with van der Waals surface area (Å²) in [5, 5.41) is 3.69. The molecule has 1 amide bonds. The maximum atomic E-state index is 12.1. The second kappa shape index (κ2) is 7.51. The molecule has 1 heterocycles. The van der Waals surface area contributed by atoms with E-state index in [2.05, 4.69) is 10.3 Å². The van der Waals surface area contributed by atoms with Crippen molar-refractivity contribution in [3.05, 3.63) is 23.4 Å². The highest BCUT2D eigenvalue weighted by molar-refractivity contribution is 6.30. The Morgan fingerprint density at radius 2 is 2.05 bits per heavy atom. The Morgan fingerprint density at radius 3 is 2.59 bits per heavy atom. The first-order valence-corrected chi connectivity index (χ1v) is 8.47. The van der Waals surface area contributed by atoms with Gasteiger partial charge < -0.3 is 10.1 Å². The largest absolute Gasteiger partial charge is 0.474 e. The zero-order valence-electron chi connectivity index (χ0n) is 12.9. The lowest BCUT2D eigenvalue weighted by Gasteiger charge is -2.31. The van der Waals surface area contributed by atoms with Crippen molar-refractivity contribution in [2.24, 2.45) is 5.41 Å². The van der Waals surface area contributed by atoms with Gasteiger partial charge in [0.25, 0.3) is 0 Å². The Kier molecular flexibility index (Phi) is 5.93. The van der Waals surface area contributed by atoms with Crippen LogP contribution in [0.1, 0.15) is 39.5 Å². The van der Waals surface area contributed by atoms with Gasteiger partial charge in [0, 0.05) is 24.2 Å². The van der Waals surface area contributed by atoms with Crippen LogP contribution in [0.5, 0.6) is 5.88 Å². The van der Waals surface area contributed by atoms with Crippen LogP contribution in [-0.2, 0) is 4.79 Å². The number of carbonyl (C=O) groups is 1. The average Bonchev–Trinajstić information content (AvgIpc) is 2.51. The second-order valence-corrected chi connectivity index (χ2v) is 7.10. The van der Waals surface area contributed by atoms with Crippen molar-refractivity contribution in [3.8, 4) is 5.88 Å². The third-order valence-electron chi connectivity index (χ3n) is 3.95. The molecule has 0 aliphatic heterocycles. The van der Waals surface area contributed by atoms with Gasteiger partial charge in [-0.1, -0.05) is 11.6 Å². The highest BCUT2D eigenvalue weighted by atomic mass is 35.5. The Bertz CT molecular complexity index is 497. The average molecular weight is 345 g/mol. The normalized spacial score (nSPS) is 22.2. The molecule has 1 aliphatic rings. The molecule has 1 fully saturated rings. The maximum Gasteiger partial charge on any atom is 0.227 e. The Morgan fingerprint density at radius 1 is 1.36 bits per heavy atom. The molecule has 4 nitrogen and oxygen atoms in total. The Hall–Kier alpha value is -1.00. The van der Waals surface area contributed by atoms with Gasteiger partial charge in [0.05, 0.1) is 10.4 Å². The highest BCUT2D eigenvalue weighted by Crippen LogP contribution is 2.25. The van der Waals surface area contributed by atoms with Crippen molar-refractivity contribution in [2.75, 3.05) is 5.88 Å². The number of carbonyl (C=O) groups excluding carboxylic acids is 1. The summed E-state index contributed by atoms with van der Waals surface area (Å²) in [5.74, 6) is 0.936. The van der Waals surface area contributed by atoms with Gasteiger partial charge in [0.15, 0.2) is 0 Å². The molecule has 0 radical (unpaired) electrons. The summed E-state index contributed by atoms with van der Waals surface area (Å²) in [6.45, 7) is 3.71. The predicted molar refractivity (Wildman–Crippen MR) is 88.6 cm³/mol. The molecule has 1 N–H and O–H groups in total. The number of pyridine rings is 1. The van der Waals surface area contributed by atoms with Gasteiger partial charge in [-0.15, -0.1) is 11.6 Å². The van der Waals surface area contributed by atoms with Crippen LogP contribution in [0.15, 0.2) is 18.3 Å². The van der Waals surface area contributed by atoms with Crippen LogP contribution in [0, 0.1) is 5.41 Å². The minimum absolute atomic E-state index is 0.0197. The van der Waals surface area contributed by atoms with Crippen LogP contribution >= 0.6 is 23.2 Å². The van der Waals surface area contributed by atoms with Crippen molar-refractivity contribution >= 4 is 29.1 Å². The molecule has 2 rings (SSSR count). The zero-order chi connectivity index (χ0) is 16.2. The fourth-order valence-corrected chi connectivity index (χ4v) is 2.60. The summed E-state index contributed by atoms with van der Waals surface area (Å²) in [6.07, 6.45) is 5.33. The van der Waals surface area contributed by atoms with Gasteiger partial charge in [-0.2, -0.15) is 0 Å². The van der Waals surface area contributed by atoms with E-state index in [1.165, 1.54) is 0 Å². The molecule has 0 atom stereocenters. The molecule has 0 bridgehead atoms.